The van der Waals surface area contributed by atoms with Crippen LogP contribution in [0.4, 0.5) is 17.2 Å². The maximum absolute atomic E-state index is 6.37. The van der Waals surface area contributed by atoms with Crippen LogP contribution in [0.5, 0.6) is 0 Å². The number of pyridine rings is 1. The summed E-state index contributed by atoms with van der Waals surface area (Å²) < 4.78 is 0. The number of hydrogen-bond acceptors (Lipinski definition) is 5. The van der Waals surface area contributed by atoms with Gasteiger partial charge in [0, 0.05) is 36.4 Å². The standard InChI is InChI=1S/C26H26N4S/c27-22-10-8-20(24-5-2-16-31-24)17-23(22)29-12-14-30(15-13-29)25-11-9-19-3-1-4-21(18-6-7-18)26(19)28-25/h1-5,8-11,16-18H,6-7,12-15,27H2. The van der Waals surface area contributed by atoms with Gasteiger partial charge in [0.15, 0.2) is 0 Å². The predicted molar refractivity (Wildman–Crippen MR) is 132 cm³/mol. The summed E-state index contributed by atoms with van der Waals surface area (Å²) in [7, 11) is 0. The lowest BCUT2D eigenvalue weighted by Crippen LogP contribution is -2.47. The van der Waals surface area contributed by atoms with E-state index >= 15 is 0 Å². The second kappa shape index (κ2) is 7.57. The largest absolute Gasteiger partial charge is 0.397 e. The summed E-state index contributed by atoms with van der Waals surface area (Å²) in [5.41, 5.74) is 12.2. The third-order valence-electron chi connectivity index (χ3n) is 6.53. The molecule has 4 nitrogen and oxygen atoms in total. The Morgan fingerprint density at radius 1 is 0.871 bits per heavy atom. The van der Waals surface area contributed by atoms with Gasteiger partial charge in [-0.3, -0.25) is 0 Å². The van der Waals surface area contributed by atoms with Gasteiger partial charge in [-0.1, -0.05) is 30.3 Å². The van der Waals surface area contributed by atoms with Crippen molar-refractivity contribution in [2.45, 2.75) is 18.8 Å². The van der Waals surface area contributed by atoms with Crippen molar-refractivity contribution in [3.8, 4) is 10.4 Å². The van der Waals surface area contributed by atoms with Crippen molar-refractivity contribution in [3.05, 3.63) is 71.6 Å². The first-order valence-corrected chi connectivity index (χ1v) is 12.0. The second-order valence-corrected chi connectivity index (χ2v) is 9.54. The molecule has 2 aromatic carbocycles. The van der Waals surface area contributed by atoms with Gasteiger partial charge >= 0.3 is 0 Å². The molecule has 31 heavy (non-hydrogen) atoms. The zero-order chi connectivity index (χ0) is 20.8. The molecule has 0 spiro atoms. The van der Waals surface area contributed by atoms with Gasteiger partial charge in [0.25, 0.3) is 0 Å². The minimum atomic E-state index is 0.710. The van der Waals surface area contributed by atoms with E-state index < -0.39 is 0 Å². The normalized spacial score (nSPS) is 16.8. The Kier molecular flexibility index (Phi) is 4.57. The van der Waals surface area contributed by atoms with Crippen molar-refractivity contribution in [2.24, 2.45) is 0 Å². The predicted octanol–water partition coefficient (Wildman–Crippen LogP) is 5.75. The van der Waals surface area contributed by atoms with E-state index in [1.807, 2.05) is 6.07 Å². The van der Waals surface area contributed by atoms with Gasteiger partial charge in [-0.2, -0.15) is 0 Å². The maximum atomic E-state index is 6.37. The number of rotatable bonds is 4. The van der Waals surface area contributed by atoms with Crippen molar-refractivity contribution in [3.63, 3.8) is 0 Å². The summed E-state index contributed by atoms with van der Waals surface area (Å²) in [6.07, 6.45) is 2.60. The molecule has 1 saturated heterocycles. The van der Waals surface area contributed by atoms with Crippen LogP contribution in [0.25, 0.3) is 21.3 Å². The Labute approximate surface area is 186 Å². The van der Waals surface area contributed by atoms with Crippen molar-refractivity contribution >= 4 is 39.4 Å². The third-order valence-corrected chi connectivity index (χ3v) is 7.45. The highest BCUT2D eigenvalue weighted by molar-refractivity contribution is 7.13. The van der Waals surface area contributed by atoms with Crippen LogP contribution in [0, 0.1) is 0 Å². The number of anilines is 3. The van der Waals surface area contributed by atoms with E-state index in [-0.39, 0.29) is 0 Å². The van der Waals surface area contributed by atoms with E-state index in [9.17, 15) is 0 Å². The smallest absolute Gasteiger partial charge is 0.129 e. The van der Waals surface area contributed by atoms with E-state index in [1.165, 1.54) is 39.7 Å². The average molecular weight is 427 g/mol. The molecule has 2 aromatic heterocycles. The fourth-order valence-electron chi connectivity index (χ4n) is 4.65. The Balaban J connectivity index is 1.23. The van der Waals surface area contributed by atoms with E-state index in [0.717, 1.165) is 43.4 Å². The Bertz CT molecular complexity index is 1220. The van der Waals surface area contributed by atoms with Crippen molar-refractivity contribution in [2.75, 3.05) is 41.7 Å². The zero-order valence-electron chi connectivity index (χ0n) is 17.5. The molecule has 3 heterocycles. The average Bonchev–Trinajstić information content (AvgIpc) is 3.52. The fraction of sp³-hybridized carbons (Fsp3) is 0.269. The van der Waals surface area contributed by atoms with Crippen molar-refractivity contribution in [1.82, 2.24) is 4.98 Å². The number of aromatic nitrogens is 1. The third kappa shape index (κ3) is 3.53. The lowest BCUT2D eigenvalue weighted by Gasteiger charge is -2.37. The van der Waals surface area contributed by atoms with E-state index in [2.05, 4.69) is 69.8 Å². The number of nitrogen functional groups attached to an aromatic ring is 1. The van der Waals surface area contributed by atoms with Crippen LogP contribution in [0.3, 0.4) is 0 Å². The quantitative estimate of drug-likeness (QED) is 0.422. The van der Waals surface area contributed by atoms with E-state index in [4.69, 9.17) is 10.7 Å². The number of nitrogens with zero attached hydrogens (tertiary/aromatic N) is 3. The fourth-order valence-corrected chi connectivity index (χ4v) is 5.37. The van der Waals surface area contributed by atoms with Crippen LogP contribution in [-0.2, 0) is 0 Å². The van der Waals surface area contributed by atoms with Crippen molar-refractivity contribution < 1.29 is 0 Å². The van der Waals surface area contributed by atoms with Crippen molar-refractivity contribution in [1.29, 1.82) is 0 Å². The van der Waals surface area contributed by atoms with Crippen LogP contribution in [-0.4, -0.2) is 31.2 Å². The monoisotopic (exact) mass is 426 g/mol. The number of benzene rings is 2. The lowest BCUT2D eigenvalue weighted by molar-refractivity contribution is 0.649. The number of hydrogen-bond donors (Lipinski definition) is 1. The molecule has 6 rings (SSSR count). The number of thiophene rings is 1. The minimum absolute atomic E-state index is 0.710. The van der Waals surface area contributed by atoms with Gasteiger partial charge < -0.3 is 15.5 Å². The summed E-state index contributed by atoms with van der Waals surface area (Å²) in [6.45, 7) is 3.80. The van der Waals surface area contributed by atoms with Crippen LogP contribution in [0.1, 0.15) is 24.3 Å². The lowest BCUT2D eigenvalue weighted by atomic mass is 10.1. The molecule has 2 aliphatic rings. The molecule has 4 aromatic rings. The first kappa shape index (κ1) is 18.7. The number of para-hydroxylation sites is 1. The van der Waals surface area contributed by atoms with Crippen LogP contribution >= 0.6 is 11.3 Å². The molecular formula is C26H26N4S. The minimum Gasteiger partial charge on any atom is -0.397 e. The topological polar surface area (TPSA) is 45.4 Å². The molecule has 5 heteroatoms. The van der Waals surface area contributed by atoms with Gasteiger partial charge in [0.1, 0.15) is 5.82 Å². The maximum Gasteiger partial charge on any atom is 0.129 e. The number of nitrogens with two attached hydrogens (primary N) is 1. The zero-order valence-corrected chi connectivity index (χ0v) is 18.3. The van der Waals surface area contributed by atoms with Gasteiger partial charge in [-0.25, -0.2) is 4.98 Å². The number of piperazine rings is 1. The molecule has 0 unspecified atom stereocenters. The molecule has 1 aliphatic heterocycles. The summed E-state index contributed by atoms with van der Waals surface area (Å²) in [4.78, 5) is 11.2. The molecular weight excluding hydrogens is 400 g/mol. The van der Waals surface area contributed by atoms with Crippen LogP contribution in [0.15, 0.2) is 66.0 Å². The summed E-state index contributed by atoms with van der Waals surface area (Å²) in [5.74, 6) is 1.81. The van der Waals surface area contributed by atoms with E-state index in [0.29, 0.717) is 5.92 Å². The second-order valence-electron chi connectivity index (χ2n) is 8.59. The Morgan fingerprint density at radius 3 is 2.48 bits per heavy atom. The SMILES string of the molecule is Nc1ccc(-c2cccs2)cc1N1CCN(c2ccc3cccc(C4CC4)c3n2)CC1. The highest BCUT2D eigenvalue weighted by atomic mass is 32.1. The summed E-state index contributed by atoms with van der Waals surface area (Å²) >= 11 is 1.77. The first-order valence-electron chi connectivity index (χ1n) is 11.1. The molecule has 0 radical (unpaired) electrons. The Morgan fingerprint density at radius 2 is 1.71 bits per heavy atom. The summed E-state index contributed by atoms with van der Waals surface area (Å²) in [6, 6.07) is 21.7. The first-order chi connectivity index (χ1) is 15.3. The van der Waals surface area contributed by atoms with E-state index in [1.54, 1.807) is 11.3 Å². The van der Waals surface area contributed by atoms with Gasteiger partial charge in [0.05, 0.1) is 16.9 Å². The number of fused-ring (bicyclic) bond motifs is 1. The van der Waals surface area contributed by atoms with Gasteiger partial charge in [-0.15, -0.1) is 11.3 Å². The Hall–Kier alpha value is -3.05. The molecule has 2 N–H and O–H groups in total. The highest BCUT2D eigenvalue weighted by Crippen LogP contribution is 2.43. The molecule has 0 bridgehead atoms. The van der Waals surface area contributed by atoms with Crippen LogP contribution in [0.2, 0.25) is 0 Å². The molecule has 156 valence electrons. The molecule has 1 saturated carbocycles. The summed E-state index contributed by atoms with van der Waals surface area (Å²) in [5, 5.41) is 3.37. The van der Waals surface area contributed by atoms with Gasteiger partial charge in [-0.05, 0) is 65.6 Å². The van der Waals surface area contributed by atoms with Gasteiger partial charge in [0.2, 0.25) is 0 Å². The highest BCUT2D eigenvalue weighted by Gasteiger charge is 2.26. The molecule has 1 aliphatic carbocycles. The molecule has 2 fully saturated rings. The van der Waals surface area contributed by atoms with Crippen LogP contribution < -0.4 is 15.5 Å². The molecule has 0 atom stereocenters. The molecule has 0 amide bonds.